The molecule has 0 saturated carbocycles. The number of ketones is 1. The van der Waals surface area contributed by atoms with Crippen molar-refractivity contribution in [1.82, 2.24) is 68.8 Å². The number of nitrogens with one attached hydrogen (secondary N) is 13. The smallest absolute Gasteiger partial charge is 0.300 e. The number of carboxylic acid groups (broad SMARTS) is 2. The largest absolute Gasteiger partial charge is 0.481 e. The quantitative estimate of drug-likeness (QED) is 0.0222. The van der Waals surface area contributed by atoms with E-state index in [1.807, 2.05) is 65.0 Å². The van der Waals surface area contributed by atoms with Crippen LogP contribution in [0.2, 0.25) is 0 Å². The fourth-order valence-electron chi connectivity index (χ4n) is 13.3. The molecule has 23 N–H and O–H groups in total. The summed E-state index contributed by atoms with van der Waals surface area (Å²) in [6.45, 7) is 19.8. The monoisotopic (exact) mass is 2190 g/mol. The topological polar surface area (TPSA) is 673 Å². The van der Waals surface area contributed by atoms with Crippen molar-refractivity contribution >= 4 is 143 Å². The van der Waals surface area contributed by atoms with Gasteiger partial charge in [0.15, 0.2) is 0 Å². The second-order valence-corrected chi connectivity index (χ2v) is 38.6. The third kappa shape index (κ3) is 68.0. The van der Waals surface area contributed by atoms with Crippen molar-refractivity contribution in [1.29, 1.82) is 0 Å². The lowest BCUT2D eigenvalue weighted by molar-refractivity contribution is -0.136. The predicted octanol–water partition coefficient (Wildman–Crippen LogP) is 1.86. The van der Waals surface area contributed by atoms with Crippen LogP contribution in [-0.4, -0.2) is 379 Å². The molecule has 45 nitrogen and oxygen atoms in total. The maximum Gasteiger partial charge on any atom is 0.300 e. The average Bonchev–Trinajstić information content (AvgIpc) is 1.72. The number of fused-ring (bicyclic) bond motifs is 1. The number of hydrogen-bond donors (Lipinski definition) is 21. The van der Waals surface area contributed by atoms with E-state index in [-0.39, 0.29) is 237 Å². The summed E-state index contributed by atoms with van der Waals surface area (Å²) in [5.74, 6) is -9.96. The molecule has 0 aliphatic carbocycles. The van der Waals surface area contributed by atoms with Crippen LogP contribution in [0.5, 0.6) is 0 Å². The Kier molecular flexibility index (Phi) is 82.0. The minimum atomic E-state index is -1.77. The normalized spacial score (nSPS) is 18.3. The van der Waals surface area contributed by atoms with Gasteiger partial charge in [0, 0.05) is 131 Å². The van der Waals surface area contributed by atoms with Crippen LogP contribution in [0.1, 0.15) is 158 Å². The number of H-pyrrole nitrogens is 1. The van der Waals surface area contributed by atoms with Gasteiger partial charge in [0.1, 0.15) is 48.1 Å². The highest BCUT2D eigenvalue weighted by Crippen LogP contribution is 2.26. The molecule has 0 bridgehead atoms. The maximum atomic E-state index is 15.2. The van der Waals surface area contributed by atoms with Gasteiger partial charge in [-0.3, -0.25) is 67.1 Å². The predicted molar refractivity (Wildman–Crippen MR) is 573 cm³/mol. The zero-order chi connectivity index (χ0) is 110. The maximum absolute atomic E-state index is 15.2. The minimum absolute atomic E-state index is 0. The molecule has 12 atom stereocenters. The molecule has 2 heterocycles. The number of nitrogens with two attached hydrogens (primary N) is 2. The minimum Gasteiger partial charge on any atom is -0.481 e. The SMILES string of the molecule is C.CC.CC.CC(=O)O.CC(=O)O.CCCOCCOCCNC(=O)CCOCC(CO)(COCCC(=O)NCCOCCOCCOCCOCCOCCC(=O)N[C@H]1CCC(=O)NCCSSC[C@@H](C(=O)NC(CO)[C@@H](C)O)NC(=O)[C@H](C(C)O)NC(=O)[C@H](CCCCN)NC(=O)[C@@H](Cc2cc3ccccc3[nH]2)NC(=O)[C@H](Cc2ccccc2)NC(=O)[C@@H](NC(=O)[C@H](N)Cc2ccccc2)CSSCCNC1=O)CC(C)=O. The van der Waals surface area contributed by atoms with Crippen LogP contribution in [0.15, 0.2) is 91.0 Å². The number of carboxylic acids is 2. The Morgan fingerprint density at radius 1 is 0.517 bits per heavy atom. The first-order valence-electron chi connectivity index (χ1n) is 49.9. The van der Waals surface area contributed by atoms with Crippen molar-refractivity contribution < 1.29 is 145 Å². The number of benzene rings is 3. The van der Waals surface area contributed by atoms with Gasteiger partial charge in [0.2, 0.25) is 70.9 Å². The number of unbranched alkanes of at least 4 members (excludes halogenated alkanes) is 1. The molecule has 3 aromatic carbocycles. The summed E-state index contributed by atoms with van der Waals surface area (Å²) in [5.41, 5.74) is 13.9. The summed E-state index contributed by atoms with van der Waals surface area (Å²) in [7, 11) is 4.67. The number of para-hydroxylation sites is 1. The van der Waals surface area contributed by atoms with E-state index in [9.17, 15) is 73.2 Å². The van der Waals surface area contributed by atoms with Crippen LogP contribution in [0.4, 0.5) is 0 Å². The van der Waals surface area contributed by atoms with E-state index in [0.29, 0.717) is 56.2 Å². The molecule has 0 radical (unpaired) electrons. The second kappa shape index (κ2) is 87.8. The molecule has 12 amide bonds. The van der Waals surface area contributed by atoms with Crippen LogP contribution in [0.3, 0.4) is 0 Å². The molecule has 1 aliphatic heterocycles. The molecule has 1 aromatic heterocycles. The molecule has 149 heavy (non-hydrogen) atoms. The van der Waals surface area contributed by atoms with E-state index in [1.54, 1.807) is 60.7 Å². The first-order valence-corrected chi connectivity index (χ1v) is 54.9. The van der Waals surface area contributed by atoms with Gasteiger partial charge in [-0.05, 0) is 94.5 Å². The van der Waals surface area contributed by atoms with Crippen molar-refractivity contribution in [2.75, 3.05) is 188 Å². The highest BCUT2D eigenvalue weighted by Gasteiger charge is 2.38. The Morgan fingerprint density at radius 2 is 0.987 bits per heavy atom. The number of aliphatic hydroxyl groups excluding tert-OH is 4. The van der Waals surface area contributed by atoms with Gasteiger partial charge in [-0.2, -0.15) is 0 Å². The van der Waals surface area contributed by atoms with Crippen LogP contribution >= 0.6 is 43.2 Å². The first kappa shape index (κ1) is 139. The van der Waals surface area contributed by atoms with Gasteiger partial charge in [-0.15, -0.1) is 0 Å². The summed E-state index contributed by atoms with van der Waals surface area (Å²) < 4.78 is 50.2. The van der Waals surface area contributed by atoms with E-state index < -0.39 is 156 Å². The Labute approximate surface area is 890 Å². The van der Waals surface area contributed by atoms with Crippen molar-refractivity contribution in [3.05, 3.63) is 108 Å². The number of carbonyl (C=O) groups excluding carboxylic acids is 13. The van der Waals surface area contributed by atoms with Gasteiger partial charge < -0.3 is 158 Å². The molecule has 1 aliphatic rings. The Morgan fingerprint density at radius 3 is 1.50 bits per heavy atom. The fourth-order valence-corrected chi connectivity index (χ4v) is 17.4. The van der Waals surface area contributed by atoms with E-state index in [1.165, 1.54) is 42.4 Å². The molecule has 4 aromatic rings. The summed E-state index contributed by atoms with van der Waals surface area (Å²) in [6, 6.07) is 14.2. The molecular weight excluding hydrogens is 2020 g/mol. The number of rotatable bonds is 57. The fraction of sp³-hybridized carbons (Fsp3) is 0.650. The lowest BCUT2D eigenvalue weighted by atomic mass is 9.85. The van der Waals surface area contributed by atoms with Gasteiger partial charge in [-0.25, -0.2) is 0 Å². The van der Waals surface area contributed by atoms with E-state index >= 15 is 9.59 Å². The Hall–Kier alpha value is -9.75. The summed E-state index contributed by atoms with van der Waals surface area (Å²) in [4.78, 5) is 202. The number of aromatic nitrogens is 1. The van der Waals surface area contributed by atoms with Crippen molar-refractivity contribution in [2.45, 2.75) is 227 Å². The molecule has 1 saturated heterocycles. The molecule has 49 heteroatoms. The first-order chi connectivity index (χ1) is 71.1. The average molecular weight is 2190 g/mol. The van der Waals surface area contributed by atoms with E-state index in [4.69, 9.17) is 73.9 Å². The number of amides is 12. The number of aliphatic hydroxyl groups is 4. The van der Waals surface area contributed by atoms with Gasteiger partial charge >= 0.3 is 0 Å². The van der Waals surface area contributed by atoms with Gasteiger partial charge in [-0.1, -0.05) is 164 Å². The van der Waals surface area contributed by atoms with Crippen molar-refractivity contribution in [3.63, 3.8) is 0 Å². The highest BCUT2D eigenvalue weighted by atomic mass is 33.1. The summed E-state index contributed by atoms with van der Waals surface area (Å²) in [6.07, 6.45) is -2.11. The standard InChI is InChI=1S/C91H143N15O26S4.2C2H4O2.2C2H6.CH4/c1-5-33-124-39-41-126-37-29-94-79(113)25-35-131-60-91(59-108,55-62(2)109)61-132-36-26-80(114)95-30-38-127-42-44-129-46-48-130-47-45-128-43-40-125-34-27-81(115)99-72-23-24-78(112)96-31-49-133-136-58-77(89(122)103-75(56-107)63(3)110)105-90(123)82(64(4)111)106-85(118)71(22-14-15-28-92)100-87(120)74(54-68-53-67-20-12-13-21-70(67)98-68)102-86(119)73(52-66-18-10-7-11-19-66)101-88(121)76(57-135-134-50-32-97-84(72)117)104-83(116)69(93)51-65-16-8-6-9-17-65;2*1-2(3)4;2*1-2;/h6-13,16-21,53,63-64,69,71-77,82,98,107-108,110-111H,5,14-15,22-52,54-61,92-93H2,1-4H3,(H,94,113)(H,95,114)(H,96,112)(H,97,117)(H,99,115)(H,100,120)(H,101,121)(H,102,119)(H,103,122)(H,104,116)(H,105,123)(H,106,118);2*1H3,(H,3,4);2*1-2H3;1H4/t63-,64?,69-,71+,72+,73+,74-,75?,76+,77+,82+,91?;;;;;/m1...../s1. The Balaban J connectivity index is 0.0000160. The molecule has 0 spiro atoms. The summed E-state index contributed by atoms with van der Waals surface area (Å²) >= 11 is 0. The van der Waals surface area contributed by atoms with Crippen molar-refractivity contribution in [2.24, 2.45) is 16.9 Å². The third-order valence-electron chi connectivity index (χ3n) is 20.7. The number of Topliss-reactive ketones (excluding diaryl/α,β-unsaturated/α-hetero) is 1. The number of ether oxygens (including phenoxy) is 9. The lowest BCUT2D eigenvalue weighted by Crippen LogP contribution is -2.62. The van der Waals surface area contributed by atoms with Crippen LogP contribution in [-0.2, 0) is 134 Å². The Bertz CT molecular complexity index is 4340. The summed E-state index contributed by atoms with van der Waals surface area (Å²) in [5, 5.41) is 90.2. The third-order valence-corrected chi connectivity index (χ3v) is 25.5. The molecule has 5 rings (SSSR count). The number of aromatic amines is 1. The molecule has 846 valence electrons. The molecular formula is C100H167N15O30S4. The van der Waals surface area contributed by atoms with Crippen molar-refractivity contribution in [3.8, 4) is 0 Å². The number of aliphatic carboxylic acids is 2. The lowest BCUT2D eigenvalue weighted by Gasteiger charge is -2.30. The van der Waals surface area contributed by atoms with E-state index in [2.05, 4.69) is 68.8 Å². The number of carbonyl (C=O) groups is 15. The van der Waals surface area contributed by atoms with E-state index in [0.717, 1.165) is 52.8 Å². The molecule has 3 unspecified atom stereocenters. The van der Waals surface area contributed by atoms with Crippen LogP contribution in [0.25, 0.3) is 10.9 Å². The van der Waals surface area contributed by atoms with Gasteiger partial charge in [0.05, 0.1) is 150 Å². The van der Waals surface area contributed by atoms with Crippen LogP contribution in [0, 0.1) is 5.41 Å². The zero-order valence-corrected chi connectivity index (χ0v) is 90.2. The van der Waals surface area contributed by atoms with Gasteiger partial charge in [0.25, 0.3) is 11.9 Å². The molecule has 1 fully saturated rings. The zero-order valence-electron chi connectivity index (χ0n) is 87.0. The second-order valence-electron chi connectivity index (χ2n) is 33.4. The number of hydrogen-bond acceptors (Lipinski definition) is 34. The van der Waals surface area contributed by atoms with Crippen LogP contribution < -0.4 is 75.3 Å². The highest BCUT2D eigenvalue weighted by molar-refractivity contribution is 8.77.